The van der Waals surface area contributed by atoms with Crippen molar-refractivity contribution in [1.82, 2.24) is 20.2 Å². The molecule has 0 amide bonds. The number of benzene rings is 1. The van der Waals surface area contributed by atoms with E-state index >= 15 is 0 Å². The Hall–Kier alpha value is -2.95. The van der Waals surface area contributed by atoms with Gasteiger partial charge < -0.3 is 14.4 Å². The number of hydrogen-bond acceptors (Lipinski definition) is 6. The zero-order valence-corrected chi connectivity index (χ0v) is 16.5. The summed E-state index contributed by atoms with van der Waals surface area (Å²) in [5, 5.41) is 7.61. The predicted octanol–water partition coefficient (Wildman–Crippen LogP) is 3.86. The Morgan fingerprint density at radius 2 is 2.03 bits per heavy atom. The quantitative estimate of drug-likeness (QED) is 0.625. The van der Waals surface area contributed by atoms with E-state index in [1.54, 1.807) is 12.1 Å². The summed E-state index contributed by atoms with van der Waals surface area (Å²) in [4.78, 5) is 9.86. The number of aromatic nitrogens is 4. The Kier molecular flexibility index (Phi) is 4.54. The minimum atomic E-state index is -4.45. The number of nitrogens with zero attached hydrogens (tertiary/aromatic N) is 4. The topological polar surface area (TPSA) is 76.2 Å². The van der Waals surface area contributed by atoms with E-state index in [0.717, 1.165) is 12.8 Å². The van der Waals surface area contributed by atoms with Gasteiger partial charge in [0.05, 0.1) is 24.4 Å². The van der Waals surface area contributed by atoms with Crippen LogP contribution in [0.1, 0.15) is 19.8 Å². The first-order chi connectivity index (χ1) is 14.7. The Morgan fingerprint density at radius 1 is 1.23 bits per heavy atom. The number of hydrogen-bond donors (Lipinski definition) is 1. The molecule has 0 bridgehead atoms. The first-order valence-electron chi connectivity index (χ1n) is 9.84. The van der Waals surface area contributed by atoms with Gasteiger partial charge in [-0.25, -0.2) is 14.4 Å². The van der Waals surface area contributed by atoms with Gasteiger partial charge in [0.15, 0.2) is 17.7 Å². The molecule has 0 radical (unpaired) electrons. The lowest BCUT2D eigenvalue weighted by molar-refractivity contribution is -0.221. The number of fused-ring (bicyclic) bond motifs is 1. The Balaban J connectivity index is 1.47. The monoisotopic (exact) mass is 437 g/mol. The zero-order chi connectivity index (χ0) is 21.8. The molecule has 7 nitrogen and oxygen atoms in total. The summed E-state index contributed by atoms with van der Waals surface area (Å²) in [6.45, 7) is 1.77. The van der Waals surface area contributed by atoms with Crippen LogP contribution in [0.3, 0.4) is 0 Å². The van der Waals surface area contributed by atoms with Crippen LogP contribution in [0.5, 0.6) is 5.75 Å². The lowest BCUT2D eigenvalue weighted by Gasteiger charge is -2.34. The maximum atomic E-state index is 14.4. The van der Waals surface area contributed by atoms with Gasteiger partial charge in [0.1, 0.15) is 23.4 Å². The van der Waals surface area contributed by atoms with Crippen LogP contribution < -0.4 is 9.64 Å². The van der Waals surface area contributed by atoms with Crippen molar-refractivity contribution in [3.63, 3.8) is 0 Å². The van der Waals surface area contributed by atoms with E-state index in [-0.39, 0.29) is 31.0 Å². The number of ether oxygens (including phenoxy) is 2. The van der Waals surface area contributed by atoms with Crippen molar-refractivity contribution in [2.75, 3.05) is 24.6 Å². The van der Waals surface area contributed by atoms with Gasteiger partial charge in [-0.3, -0.25) is 5.10 Å². The third-order valence-electron chi connectivity index (χ3n) is 5.58. The molecule has 164 valence electrons. The van der Waals surface area contributed by atoms with Crippen LogP contribution in [0.2, 0.25) is 0 Å². The van der Waals surface area contributed by atoms with Crippen molar-refractivity contribution in [2.24, 2.45) is 0 Å². The molecule has 1 aliphatic carbocycles. The van der Waals surface area contributed by atoms with E-state index in [1.807, 2.05) is 6.92 Å². The van der Waals surface area contributed by atoms with E-state index in [9.17, 15) is 17.6 Å². The number of H-pyrrole nitrogens is 1. The molecule has 1 N–H and O–H groups in total. The number of alkyl halides is 3. The van der Waals surface area contributed by atoms with Crippen LogP contribution >= 0.6 is 0 Å². The summed E-state index contributed by atoms with van der Waals surface area (Å²) in [7, 11) is 0. The largest absolute Gasteiger partial charge is 0.484 e. The van der Waals surface area contributed by atoms with Crippen molar-refractivity contribution >= 4 is 16.7 Å². The Labute approximate surface area is 174 Å². The Morgan fingerprint density at radius 3 is 2.77 bits per heavy atom. The molecule has 1 unspecified atom stereocenters. The molecule has 1 saturated heterocycles. The lowest BCUT2D eigenvalue weighted by atomic mass is 10.1. The smallest absolute Gasteiger partial charge is 0.416 e. The van der Waals surface area contributed by atoms with E-state index in [4.69, 9.17) is 9.47 Å². The van der Waals surface area contributed by atoms with Gasteiger partial charge in [-0.2, -0.15) is 18.3 Å². The summed E-state index contributed by atoms with van der Waals surface area (Å²) < 4.78 is 64.2. The van der Waals surface area contributed by atoms with E-state index in [0.29, 0.717) is 28.1 Å². The van der Waals surface area contributed by atoms with Gasteiger partial charge in [-0.15, -0.1) is 0 Å². The summed E-state index contributed by atoms with van der Waals surface area (Å²) in [6.07, 6.45) is -3.34. The molecule has 2 aromatic heterocycles. The highest BCUT2D eigenvalue weighted by atomic mass is 19.4. The number of rotatable bonds is 4. The second-order valence-corrected chi connectivity index (χ2v) is 8.06. The fourth-order valence-corrected chi connectivity index (χ4v) is 3.54. The average Bonchev–Trinajstić information content (AvgIpc) is 3.33. The lowest BCUT2D eigenvalue weighted by Crippen LogP contribution is -2.49. The maximum Gasteiger partial charge on any atom is 0.416 e. The van der Waals surface area contributed by atoms with Crippen molar-refractivity contribution in [3.05, 3.63) is 30.3 Å². The third-order valence-corrected chi connectivity index (χ3v) is 5.58. The van der Waals surface area contributed by atoms with Crippen molar-refractivity contribution in [2.45, 2.75) is 37.6 Å². The molecule has 1 aliphatic heterocycles. The Bertz CT molecular complexity index is 1130. The maximum absolute atomic E-state index is 14.4. The molecule has 31 heavy (non-hydrogen) atoms. The second-order valence-electron chi connectivity index (χ2n) is 8.06. The van der Waals surface area contributed by atoms with Crippen molar-refractivity contribution < 1.29 is 27.0 Å². The number of halogens is 4. The average molecular weight is 437 g/mol. The van der Waals surface area contributed by atoms with Crippen LogP contribution in [0, 0.1) is 5.82 Å². The van der Waals surface area contributed by atoms with E-state index < -0.39 is 18.1 Å². The van der Waals surface area contributed by atoms with Gasteiger partial charge in [-0.05, 0) is 25.8 Å². The molecule has 1 atom stereocenters. The molecule has 2 aliphatic rings. The van der Waals surface area contributed by atoms with E-state index in [1.165, 1.54) is 17.3 Å². The number of nitrogens with one attached hydrogen (secondary N) is 1. The summed E-state index contributed by atoms with van der Waals surface area (Å²) >= 11 is 0. The van der Waals surface area contributed by atoms with Gasteiger partial charge in [0.2, 0.25) is 0 Å². The molecule has 5 rings (SSSR count). The van der Waals surface area contributed by atoms with Crippen molar-refractivity contribution in [3.8, 4) is 17.1 Å². The fourth-order valence-electron chi connectivity index (χ4n) is 3.54. The number of anilines is 1. The molecule has 1 saturated carbocycles. The standard InChI is InChI=1S/C20H19F4N5O2/c1-19(2-3-19)31-15-6-11-13(7-12(15)21)27-28-18(11)14-8-17(26-10-25-14)29-4-5-30-16(9-29)20(22,23)24/h6-8,10,16H,2-5,9H2,1H3,(H,27,28). The zero-order valence-electron chi connectivity index (χ0n) is 16.5. The molecule has 1 aromatic carbocycles. The molecular weight excluding hydrogens is 418 g/mol. The second kappa shape index (κ2) is 7.04. The molecule has 2 fully saturated rings. The van der Waals surface area contributed by atoms with Gasteiger partial charge in [0.25, 0.3) is 0 Å². The van der Waals surface area contributed by atoms with Crippen LogP contribution in [0.4, 0.5) is 23.4 Å². The minimum absolute atomic E-state index is 0.0619. The SMILES string of the molecule is CC1(Oc2cc3c(-c4cc(N5CCOC(C(F)(F)F)C5)ncn4)n[nH]c3cc2F)CC1. The van der Waals surface area contributed by atoms with Gasteiger partial charge >= 0.3 is 6.18 Å². The summed E-state index contributed by atoms with van der Waals surface area (Å²) in [6, 6.07) is 4.45. The minimum Gasteiger partial charge on any atom is -0.484 e. The molecule has 11 heteroatoms. The van der Waals surface area contributed by atoms with Gasteiger partial charge in [-0.1, -0.05) is 0 Å². The molecule has 3 aromatic rings. The molecule has 0 spiro atoms. The molecular formula is C20H19F4N5O2. The predicted molar refractivity (Wildman–Crippen MR) is 103 cm³/mol. The fraction of sp³-hybridized carbons (Fsp3) is 0.450. The number of morpholine rings is 1. The highest BCUT2D eigenvalue weighted by Crippen LogP contribution is 2.41. The van der Waals surface area contributed by atoms with Crippen LogP contribution in [0.15, 0.2) is 24.5 Å². The summed E-state index contributed by atoms with van der Waals surface area (Å²) in [5.41, 5.74) is 0.947. The summed E-state index contributed by atoms with van der Waals surface area (Å²) in [5.74, 6) is -0.0286. The van der Waals surface area contributed by atoms with Gasteiger partial charge in [0, 0.05) is 24.1 Å². The van der Waals surface area contributed by atoms with Crippen LogP contribution in [0.25, 0.3) is 22.3 Å². The van der Waals surface area contributed by atoms with Crippen LogP contribution in [-0.2, 0) is 4.74 Å². The highest BCUT2D eigenvalue weighted by Gasteiger charge is 2.44. The third kappa shape index (κ3) is 3.89. The first kappa shape index (κ1) is 20.0. The van der Waals surface area contributed by atoms with Crippen molar-refractivity contribution in [1.29, 1.82) is 0 Å². The van der Waals surface area contributed by atoms with E-state index in [2.05, 4.69) is 20.2 Å². The van der Waals surface area contributed by atoms with Crippen LogP contribution in [-0.4, -0.2) is 57.7 Å². The first-order valence-corrected chi connectivity index (χ1v) is 9.84. The molecule has 3 heterocycles. The highest BCUT2D eigenvalue weighted by molar-refractivity contribution is 5.93. The normalized spacial score (nSPS) is 20.8. The number of aromatic amines is 1.